The Labute approximate surface area is 113 Å². The highest BCUT2D eigenvalue weighted by molar-refractivity contribution is 6.17. The minimum atomic E-state index is 0.393. The third-order valence-electron chi connectivity index (χ3n) is 3.29. The van der Waals surface area contributed by atoms with E-state index in [0.29, 0.717) is 17.9 Å². The van der Waals surface area contributed by atoms with Crippen molar-refractivity contribution in [3.63, 3.8) is 0 Å². The fourth-order valence-electron chi connectivity index (χ4n) is 1.88. The Hall–Kier alpha value is -1.03. The van der Waals surface area contributed by atoms with Crippen LogP contribution >= 0.6 is 11.6 Å². The van der Waals surface area contributed by atoms with E-state index in [2.05, 4.69) is 22.2 Å². The second-order valence-corrected chi connectivity index (χ2v) is 5.26. The van der Waals surface area contributed by atoms with Gasteiger partial charge in [-0.2, -0.15) is 4.98 Å². The number of halogens is 1. The number of nitrogens with one attached hydrogen (secondary N) is 1. The van der Waals surface area contributed by atoms with Crippen LogP contribution in [0.1, 0.15) is 32.6 Å². The smallest absolute Gasteiger partial charge is 0.234 e. The summed E-state index contributed by atoms with van der Waals surface area (Å²) in [4.78, 5) is 8.50. The van der Waals surface area contributed by atoms with Gasteiger partial charge in [0.2, 0.25) is 5.88 Å². The third-order valence-corrected chi connectivity index (χ3v) is 3.48. The van der Waals surface area contributed by atoms with Gasteiger partial charge in [0.25, 0.3) is 0 Å². The zero-order valence-electron chi connectivity index (χ0n) is 10.8. The molecule has 1 saturated carbocycles. The minimum Gasteiger partial charge on any atom is -0.477 e. The predicted molar refractivity (Wildman–Crippen MR) is 73.3 cm³/mol. The summed E-state index contributed by atoms with van der Waals surface area (Å²) < 4.78 is 5.46. The summed E-state index contributed by atoms with van der Waals surface area (Å²) in [5.41, 5.74) is 0.393. The van der Waals surface area contributed by atoms with Gasteiger partial charge in [-0.05, 0) is 31.1 Å². The summed E-state index contributed by atoms with van der Waals surface area (Å²) in [5.74, 6) is 2.10. The topological polar surface area (TPSA) is 47.0 Å². The lowest BCUT2D eigenvalue weighted by molar-refractivity contribution is 0.304. The monoisotopic (exact) mass is 269 g/mol. The molecule has 1 fully saturated rings. The maximum atomic E-state index is 5.81. The van der Waals surface area contributed by atoms with Crippen LogP contribution < -0.4 is 10.1 Å². The SMILES string of the molecule is CCCOc1cncc(NCC2(CCCl)CC2)n1. The molecule has 0 amide bonds. The molecule has 0 radical (unpaired) electrons. The van der Waals surface area contributed by atoms with E-state index in [0.717, 1.165) is 31.1 Å². The van der Waals surface area contributed by atoms with E-state index in [9.17, 15) is 0 Å². The quantitative estimate of drug-likeness (QED) is 0.737. The van der Waals surface area contributed by atoms with Crippen LogP contribution in [0.5, 0.6) is 5.88 Å². The molecule has 0 atom stereocenters. The Morgan fingerprint density at radius 1 is 1.44 bits per heavy atom. The first-order valence-corrected chi connectivity index (χ1v) is 7.06. The van der Waals surface area contributed by atoms with Crippen LogP contribution in [-0.4, -0.2) is 29.0 Å². The molecule has 4 nitrogen and oxygen atoms in total. The Balaban J connectivity index is 1.85. The molecule has 0 spiro atoms. The number of anilines is 1. The molecule has 18 heavy (non-hydrogen) atoms. The van der Waals surface area contributed by atoms with Gasteiger partial charge in [-0.25, -0.2) is 0 Å². The second kappa shape index (κ2) is 6.23. The van der Waals surface area contributed by atoms with Gasteiger partial charge >= 0.3 is 0 Å². The molecule has 2 rings (SSSR count). The van der Waals surface area contributed by atoms with Gasteiger partial charge in [0.05, 0.1) is 19.0 Å². The number of aromatic nitrogens is 2. The summed E-state index contributed by atoms with van der Waals surface area (Å²) in [6, 6.07) is 0. The Morgan fingerprint density at radius 2 is 2.28 bits per heavy atom. The van der Waals surface area contributed by atoms with Gasteiger partial charge in [-0.15, -0.1) is 11.6 Å². The molecule has 1 aliphatic carbocycles. The van der Waals surface area contributed by atoms with Crippen molar-refractivity contribution < 1.29 is 4.74 Å². The molecule has 1 aromatic rings. The van der Waals surface area contributed by atoms with Crippen LogP contribution in [-0.2, 0) is 0 Å². The van der Waals surface area contributed by atoms with Gasteiger partial charge in [0.1, 0.15) is 5.82 Å². The van der Waals surface area contributed by atoms with Crippen LogP contribution in [0.4, 0.5) is 5.82 Å². The zero-order chi connectivity index (χ0) is 12.8. The van der Waals surface area contributed by atoms with Gasteiger partial charge < -0.3 is 10.1 Å². The van der Waals surface area contributed by atoms with Gasteiger partial charge in [0.15, 0.2) is 0 Å². The summed E-state index contributed by atoms with van der Waals surface area (Å²) >= 11 is 5.81. The Morgan fingerprint density at radius 3 is 2.94 bits per heavy atom. The van der Waals surface area contributed by atoms with Crippen LogP contribution in [0, 0.1) is 5.41 Å². The number of rotatable bonds is 8. The molecule has 0 saturated heterocycles. The number of hydrogen-bond acceptors (Lipinski definition) is 4. The highest BCUT2D eigenvalue weighted by Crippen LogP contribution is 2.48. The predicted octanol–water partition coefficient (Wildman–Crippen LogP) is 3.09. The molecule has 0 aromatic carbocycles. The van der Waals surface area contributed by atoms with E-state index in [1.807, 2.05) is 0 Å². The third kappa shape index (κ3) is 3.73. The molecule has 1 heterocycles. The van der Waals surface area contributed by atoms with Crippen molar-refractivity contribution in [3.05, 3.63) is 12.4 Å². The molecule has 5 heteroatoms. The van der Waals surface area contributed by atoms with Gasteiger partial charge in [0, 0.05) is 12.4 Å². The average Bonchev–Trinajstić information content (AvgIpc) is 3.15. The van der Waals surface area contributed by atoms with E-state index >= 15 is 0 Å². The highest BCUT2D eigenvalue weighted by atomic mass is 35.5. The van der Waals surface area contributed by atoms with Crippen molar-refractivity contribution in [3.8, 4) is 5.88 Å². The molecule has 0 aliphatic heterocycles. The highest BCUT2D eigenvalue weighted by Gasteiger charge is 2.41. The average molecular weight is 270 g/mol. The minimum absolute atomic E-state index is 0.393. The molecule has 1 N–H and O–H groups in total. The van der Waals surface area contributed by atoms with Crippen molar-refractivity contribution in [1.82, 2.24) is 9.97 Å². The summed E-state index contributed by atoms with van der Waals surface area (Å²) in [6.07, 6.45) is 7.93. The fourth-order valence-corrected chi connectivity index (χ4v) is 2.28. The number of nitrogens with zero attached hydrogens (tertiary/aromatic N) is 2. The molecule has 0 unspecified atom stereocenters. The molecule has 0 bridgehead atoms. The van der Waals surface area contributed by atoms with Crippen LogP contribution in [0.2, 0.25) is 0 Å². The van der Waals surface area contributed by atoms with E-state index in [-0.39, 0.29) is 0 Å². The molecular formula is C13H20ClN3O. The lowest BCUT2D eigenvalue weighted by Gasteiger charge is -2.15. The van der Waals surface area contributed by atoms with Crippen molar-refractivity contribution >= 4 is 17.4 Å². The maximum absolute atomic E-state index is 5.81. The summed E-state index contributed by atoms with van der Waals surface area (Å²) in [5, 5.41) is 3.34. The molecule has 1 aromatic heterocycles. The van der Waals surface area contributed by atoms with Crippen molar-refractivity contribution in [2.24, 2.45) is 5.41 Å². The standard InChI is InChI=1S/C13H20ClN3O/c1-2-7-18-12-9-15-8-11(17-12)16-10-13(3-4-13)5-6-14/h8-9H,2-7,10H2,1H3,(H,16,17). The second-order valence-electron chi connectivity index (χ2n) is 4.88. The summed E-state index contributed by atoms with van der Waals surface area (Å²) in [6.45, 7) is 3.67. The first kappa shape index (κ1) is 13.4. The molecular weight excluding hydrogens is 250 g/mol. The zero-order valence-corrected chi connectivity index (χ0v) is 11.5. The maximum Gasteiger partial charge on any atom is 0.234 e. The van der Waals surface area contributed by atoms with Crippen LogP contribution in [0.25, 0.3) is 0 Å². The van der Waals surface area contributed by atoms with Gasteiger partial charge in [-0.3, -0.25) is 4.98 Å². The van der Waals surface area contributed by atoms with E-state index in [1.165, 1.54) is 12.8 Å². The Bertz CT molecular complexity index is 382. The first-order chi connectivity index (χ1) is 8.78. The van der Waals surface area contributed by atoms with Gasteiger partial charge in [-0.1, -0.05) is 6.92 Å². The van der Waals surface area contributed by atoms with Crippen molar-refractivity contribution in [2.75, 3.05) is 24.3 Å². The number of alkyl halides is 1. The fraction of sp³-hybridized carbons (Fsp3) is 0.692. The number of ether oxygens (including phenoxy) is 1. The molecule has 100 valence electrons. The van der Waals surface area contributed by atoms with E-state index < -0.39 is 0 Å². The van der Waals surface area contributed by atoms with Crippen molar-refractivity contribution in [2.45, 2.75) is 32.6 Å². The van der Waals surface area contributed by atoms with Crippen LogP contribution in [0.3, 0.4) is 0 Å². The van der Waals surface area contributed by atoms with E-state index in [1.54, 1.807) is 12.4 Å². The lowest BCUT2D eigenvalue weighted by atomic mass is 10.0. The molecule has 1 aliphatic rings. The first-order valence-electron chi connectivity index (χ1n) is 6.53. The Kier molecular flexibility index (Phi) is 4.64. The number of hydrogen-bond donors (Lipinski definition) is 1. The largest absolute Gasteiger partial charge is 0.477 e. The normalized spacial score (nSPS) is 16.3. The summed E-state index contributed by atoms with van der Waals surface area (Å²) in [7, 11) is 0. The van der Waals surface area contributed by atoms with Crippen molar-refractivity contribution in [1.29, 1.82) is 0 Å². The van der Waals surface area contributed by atoms with Crippen LogP contribution in [0.15, 0.2) is 12.4 Å². The van der Waals surface area contributed by atoms with E-state index in [4.69, 9.17) is 16.3 Å². The lowest BCUT2D eigenvalue weighted by Crippen LogP contribution is -2.17.